The van der Waals surface area contributed by atoms with E-state index in [4.69, 9.17) is 11.5 Å². The number of nitrogens with zero attached hydrogens (tertiary/aromatic N) is 2. The number of nitrogen functional groups attached to an aromatic ring is 1. The molecular formula is C22H28FN5O3S. The van der Waals surface area contributed by atoms with Crippen LogP contribution in [0.2, 0.25) is 0 Å². The highest BCUT2D eigenvalue weighted by Crippen LogP contribution is 2.29. The fourth-order valence-electron chi connectivity index (χ4n) is 3.92. The minimum Gasteiger partial charge on any atom is -0.395 e. The van der Waals surface area contributed by atoms with Gasteiger partial charge in [-0.15, -0.1) is 0 Å². The van der Waals surface area contributed by atoms with Crippen molar-refractivity contribution in [1.29, 1.82) is 0 Å². The zero-order valence-electron chi connectivity index (χ0n) is 18.0. The number of carbonyl (C=O) groups excluding carboxylic acids is 3. The largest absolute Gasteiger partial charge is 0.395 e. The molecule has 5 N–H and O–H groups in total. The molecule has 2 aromatic rings. The van der Waals surface area contributed by atoms with Gasteiger partial charge in [-0.1, -0.05) is 32.6 Å². The number of anilines is 2. The van der Waals surface area contributed by atoms with Crippen LogP contribution in [-0.2, 0) is 4.79 Å². The quantitative estimate of drug-likeness (QED) is 0.528. The highest BCUT2D eigenvalue weighted by Gasteiger charge is 2.35. The lowest BCUT2D eigenvalue weighted by Gasteiger charge is -2.32. The van der Waals surface area contributed by atoms with Crippen molar-refractivity contribution in [3.8, 4) is 0 Å². The monoisotopic (exact) mass is 461 g/mol. The number of hydrogen-bond acceptors (Lipinski definition) is 6. The molecule has 1 saturated carbocycles. The molecular weight excluding hydrogens is 433 g/mol. The van der Waals surface area contributed by atoms with E-state index in [9.17, 15) is 18.8 Å². The van der Waals surface area contributed by atoms with Crippen LogP contribution in [0.5, 0.6) is 0 Å². The van der Waals surface area contributed by atoms with E-state index >= 15 is 0 Å². The van der Waals surface area contributed by atoms with Gasteiger partial charge in [0.2, 0.25) is 5.91 Å². The van der Waals surface area contributed by atoms with Gasteiger partial charge in [-0.3, -0.25) is 19.3 Å². The van der Waals surface area contributed by atoms with Gasteiger partial charge in [0, 0.05) is 11.7 Å². The number of halogens is 1. The van der Waals surface area contributed by atoms with Gasteiger partial charge in [-0.25, -0.2) is 4.39 Å². The van der Waals surface area contributed by atoms with Crippen molar-refractivity contribution in [3.05, 3.63) is 40.7 Å². The van der Waals surface area contributed by atoms with Gasteiger partial charge in [0.05, 0.1) is 5.69 Å². The Labute approximate surface area is 190 Å². The SMILES string of the molecule is CCCC[C@H](C(=O)NC1CCCC1)N(C(=O)c1snc(C(N)=O)c1N)c1ccc(F)cc1. The summed E-state index contributed by atoms with van der Waals surface area (Å²) in [7, 11) is 0. The standard InChI is InChI=1S/C22H28FN5O3S/c1-2-3-8-16(21(30)26-14-6-4-5-7-14)28(15-11-9-13(23)10-12-15)22(31)19-17(24)18(20(25)29)27-32-19/h9-12,14,16H,2-8,24H2,1H3,(H2,25,29)(H,26,30)/t16-/m1/s1. The van der Waals surface area contributed by atoms with Gasteiger partial charge in [0.1, 0.15) is 16.7 Å². The van der Waals surface area contributed by atoms with Crippen molar-refractivity contribution in [3.63, 3.8) is 0 Å². The predicted octanol–water partition coefficient (Wildman–Crippen LogP) is 3.23. The molecule has 1 aromatic carbocycles. The van der Waals surface area contributed by atoms with E-state index in [0.29, 0.717) is 18.5 Å². The topological polar surface area (TPSA) is 131 Å². The molecule has 10 heteroatoms. The van der Waals surface area contributed by atoms with Crippen molar-refractivity contribution in [2.45, 2.75) is 64.0 Å². The summed E-state index contributed by atoms with van der Waals surface area (Å²) in [6.07, 6.45) is 5.86. The van der Waals surface area contributed by atoms with Gasteiger partial charge < -0.3 is 16.8 Å². The second kappa shape index (κ2) is 10.5. The summed E-state index contributed by atoms with van der Waals surface area (Å²) >= 11 is 0.752. The molecule has 0 bridgehead atoms. The summed E-state index contributed by atoms with van der Waals surface area (Å²) in [5.41, 5.74) is 11.3. The first-order valence-corrected chi connectivity index (χ1v) is 11.5. The van der Waals surface area contributed by atoms with Crippen LogP contribution in [0.1, 0.15) is 72.0 Å². The summed E-state index contributed by atoms with van der Waals surface area (Å²) in [6, 6.07) is 4.60. The fraction of sp³-hybridized carbons (Fsp3) is 0.455. The molecule has 0 radical (unpaired) electrons. The van der Waals surface area contributed by atoms with E-state index in [1.54, 1.807) is 0 Å². The van der Waals surface area contributed by atoms with Crippen LogP contribution in [0.25, 0.3) is 0 Å². The molecule has 3 amide bonds. The molecule has 0 saturated heterocycles. The molecule has 172 valence electrons. The zero-order chi connectivity index (χ0) is 23.3. The third-order valence-corrected chi connectivity index (χ3v) is 6.48. The van der Waals surface area contributed by atoms with Gasteiger partial charge in [0.15, 0.2) is 5.69 Å². The van der Waals surface area contributed by atoms with Gasteiger partial charge >= 0.3 is 0 Å². The van der Waals surface area contributed by atoms with Crippen LogP contribution < -0.4 is 21.7 Å². The molecule has 1 atom stereocenters. The number of nitrogens with one attached hydrogen (secondary N) is 1. The Balaban J connectivity index is 2.02. The number of hydrogen-bond donors (Lipinski definition) is 3. The smallest absolute Gasteiger partial charge is 0.272 e. The fourth-order valence-corrected chi connectivity index (χ4v) is 4.66. The Morgan fingerprint density at radius 2 is 1.91 bits per heavy atom. The molecule has 32 heavy (non-hydrogen) atoms. The number of rotatable bonds is 9. The highest BCUT2D eigenvalue weighted by molar-refractivity contribution is 7.09. The molecule has 3 rings (SSSR count). The number of nitrogens with two attached hydrogens (primary N) is 2. The van der Waals surface area contributed by atoms with Gasteiger partial charge in [0.25, 0.3) is 11.8 Å². The lowest BCUT2D eigenvalue weighted by Crippen LogP contribution is -2.51. The highest BCUT2D eigenvalue weighted by atomic mass is 32.1. The van der Waals surface area contributed by atoms with E-state index in [0.717, 1.165) is 43.6 Å². The van der Waals surface area contributed by atoms with Crippen molar-refractivity contribution < 1.29 is 18.8 Å². The van der Waals surface area contributed by atoms with Crippen LogP contribution >= 0.6 is 11.5 Å². The molecule has 1 aliphatic carbocycles. The predicted molar refractivity (Wildman–Crippen MR) is 122 cm³/mol. The van der Waals surface area contributed by atoms with E-state index < -0.39 is 23.7 Å². The molecule has 0 spiro atoms. The zero-order valence-corrected chi connectivity index (χ0v) is 18.8. The summed E-state index contributed by atoms with van der Waals surface area (Å²) < 4.78 is 17.5. The minimum atomic E-state index is -0.840. The Bertz CT molecular complexity index is 972. The van der Waals surface area contributed by atoms with Crippen LogP contribution in [0, 0.1) is 5.82 Å². The molecule has 1 aromatic heterocycles. The Kier molecular flexibility index (Phi) is 7.79. The van der Waals surface area contributed by atoms with E-state index in [1.165, 1.54) is 29.2 Å². The molecule has 0 unspecified atom stereocenters. The van der Waals surface area contributed by atoms with Crippen molar-refractivity contribution in [2.75, 3.05) is 10.6 Å². The maximum Gasteiger partial charge on any atom is 0.272 e. The summed E-state index contributed by atoms with van der Waals surface area (Å²) in [4.78, 5) is 39.9. The number of aromatic nitrogens is 1. The Morgan fingerprint density at radius 1 is 1.25 bits per heavy atom. The maximum atomic E-state index is 13.6. The van der Waals surface area contributed by atoms with Crippen molar-refractivity contribution in [2.24, 2.45) is 5.73 Å². The summed E-state index contributed by atoms with van der Waals surface area (Å²) in [5.74, 6) is -2.15. The number of amides is 3. The Hall–Kier alpha value is -3.01. The van der Waals surface area contributed by atoms with Gasteiger partial charge in [-0.2, -0.15) is 4.37 Å². The average molecular weight is 462 g/mol. The number of carbonyl (C=O) groups is 3. The van der Waals surface area contributed by atoms with Crippen LogP contribution in [-0.4, -0.2) is 34.2 Å². The summed E-state index contributed by atoms with van der Waals surface area (Å²) in [6.45, 7) is 2.00. The van der Waals surface area contributed by atoms with E-state index in [2.05, 4.69) is 9.69 Å². The second-order valence-corrected chi connectivity index (χ2v) is 8.71. The third-order valence-electron chi connectivity index (χ3n) is 5.63. The summed E-state index contributed by atoms with van der Waals surface area (Å²) in [5, 5.41) is 3.07. The van der Waals surface area contributed by atoms with E-state index in [-0.39, 0.29) is 28.2 Å². The molecule has 1 fully saturated rings. The number of primary amides is 1. The number of unbranched alkanes of at least 4 members (excludes halogenated alkanes) is 1. The van der Waals surface area contributed by atoms with Crippen LogP contribution in [0.3, 0.4) is 0 Å². The first-order valence-electron chi connectivity index (χ1n) is 10.8. The van der Waals surface area contributed by atoms with Crippen LogP contribution in [0.4, 0.5) is 15.8 Å². The average Bonchev–Trinajstić information content (AvgIpc) is 3.41. The first-order chi connectivity index (χ1) is 15.3. The minimum absolute atomic E-state index is 0.0123. The second-order valence-electron chi connectivity index (χ2n) is 7.94. The van der Waals surface area contributed by atoms with Crippen molar-refractivity contribution in [1.82, 2.24) is 9.69 Å². The first kappa shape index (κ1) is 23.6. The van der Waals surface area contributed by atoms with Crippen molar-refractivity contribution >= 4 is 40.6 Å². The lowest BCUT2D eigenvalue weighted by atomic mass is 10.0. The van der Waals surface area contributed by atoms with Gasteiger partial charge in [-0.05, 0) is 55.1 Å². The Morgan fingerprint density at radius 3 is 2.47 bits per heavy atom. The van der Waals surface area contributed by atoms with Crippen LogP contribution in [0.15, 0.2) is 24.3 Å². The maximum absolute atomic E-state index is 13.6. The molecule has 1 aliphatic rings. The number of benzene rings is 1. The lowest BCUT2D eigenvalue weighted by molar-refractivity contribution is -0.123. The normalized spacial score (nSPS) is 14.8. The molecule has 8 nitrogen and oxygen atoms in total. The molecule has 1 heterocycles. The molecule has 0 aliphatic heterocycles. The van der Waals surface area contributed by atoms with E-state index in [1.807, 2.05) is 6.92 Å². The third kappa shape index (κ3) is 5.24.